The van der Waals surface area contributed by atoms with Gasteiger partial charge >= 0.3 is 5.97 Å². The summed E-state index contributed by atoms with van der Waals surface area (Å²) in [5.41, 5.74) is 6.59. The highest BCUT2D eigenvalue weighted by Crippen LogP contribution is 2.25. The molecule has 0 fully saturated rings. The maximum atomic E-state index is 12.7. The van der Waals surface area contributed by atoms with E-state index in [4.69, 9.17) is 10.5 Å². The van der Waals surface area contributed by atoms with Gasteiger partial charge in [-0.15, -0.1) is 0 Å². The minimum absolute atomic E-state index is 0.0171. The number of hydrogen-bond acceptors (Lipinski definition) is 4. The molecule has 18 heavy (non-hydrogen) atoms. The molecule has 0 aliphatic carbocycles. The minimum atomic E-state index is -2.67. The topological polar surface area (TPSA) is 65.2 Å². The number of nitrogens with zero attached hydrogens (tertiary/aromatic N) is 1. The highest BCUT2D eigenvalue weighted by molar-refractivity contribution is 5.73. The second kappa shape index (κ2) is 6.39. The van der Waals surface area contributed by atoms with Crippen molar-refractivity contribution in [2.75, 3.05) is 6.61 Å². The van der Waals surface area contributed by atoms with E-state index in [0.29, 0.717) is 16.7 Å². The van der Waals surface area contributed by atoms with Crippen molar-refractivity contribution in [1.82, 2.24) is 4.98 Å². The fourth-order valence-corrected chi connectivity index (χ4v) is 1.70. The van der Waals surface area contributed by atoms with Crippen molar-refractivity contribution < 1.29 is 18.3 Å². The number of aromatic nitrogens is 1. The number of carbonyl (C=O) groups is 1. The molecular weight excluding hydrogens is 242 g/mol. The fraction of sp³-hybridized carbons (Fsp3) is 0.500. The Morgan fingerprint density at radius 1 is 1.56 bits per heavy atom. The summed E-state index contributed by atoms with van der Waals surface area (Å²) in [5, 5.41) is 0. The van der Waals surface area contributed by atoms with Crippen LogP contribution in [-0.4, -0.2) is 17.6 Å². The molecule has 0 atom stereocenters. The Bertz CT molecular complexity index is 436. The number of halogens is 2. The maximum absolute atomic E-state index is 12.7. The molecule has 1 heterocycles. The van der Waals surface area contributed by atoms with Gasteiger partial charge in [0.25, 0.3) is 6.43 Å². The first-order valence-electron chi connectivity index (χ1n) is 5.62. The highest BCUT2D eigenvalue weighted by Gasteiger charge is 2.18. The second-order valence-corrected chi connectivity index (χ2v) is 3.76. The van der Waals surface area contributed by atoms with Crippen LogP contribution in [0.2, 0.25) is 0 Å². The summed E-state index contributed by atoms with van der Waals surface area (Å²) < 4.78 is 30.2. The molecule has 0 spiro atoms. The van der Waals surface area contributed by atoms with Gasteiger partial charge in [-0.1, -0.05) is 0 Å². The van der Waals surface area contributed by atoms with Crippen molar-refractivity contribution in [2.24, 2.45) is 5.73 Å². The SMILES string of the molecule is CCOC(=O)Cc1cnc(C(F)F)c(CN)c1C. The summed E-state index contributed by atoms with van der Waals surface area (Å²) in [6.07, 6.45) is -1.37. The molecule has 0 saturated carbocycles. The van der Waals surface area contributed by atoms with Crippen LogP contribution in [0.5, 0.6) is 0 Å². The lowest BCUT2D eigenvalue weighted by Crippen LogP contribution is -2.13. The van der Waals surface area contributed by atoms with Gasteiger partial charge in [-0.25, -0.2) is 8.78 Å². The number of esters is 1. The molecule has 1 aromatic rings. The van der Waals surface area contributed by atoms with Gasteiger partial charge in [-0.2, -0.15) is 0 Å². The van der Waals surface area contributed by atoms with E-state index < -0.39 is 12.4 Å². The van der Waals surface area contributed by atoms with Crippen molar-refractivity contribution in [3.63, 3.8) is 0 Å². The predicted molar refractivity (Wildman–Crippen MR) is 62.2 cm³/mol. The van der Waals surface area contributed by atoms with Gasteiger partial charge in [0.05, 0.1) is 13.0 Å². The quantitative estimate of drug-likeness (QED) is 0.819. The van der Waals surface area contributed by atoms with Gasteiger partial charge in [0, 0.05) is 12.7 Å². The molecule has 0 unspecified atom stereocenters. The molecule has 6 heteroatoms. The van der Waals surface area contributed by atoms with E-state index in [0.717, 1.165) is 0 Å². The number of ether oxygens (including phenoxy) is 1. The van der Waals surface area contributed by atoms with Crippen molar-refractivity contribution >= 4 is 5.97 Å². The maximum Gasteiger partial charge on any atom is 0.310 e. The number of rotatable bonds is 5. The van der Waals surface area contributed by atoms with Crippen molar-refractivity contribution in [2.45, 2.75) is 33.2 Å². The Kier molecular flexibility index (Phi) is 5.15. The van der Waals surface area contributed by atoms with E-state index in [9.17, 15) is 13.6 Å². The summed E-state index contributed by atoms with van der Waals surface area (Å²) in [6, 6.07) is 0. The van der Waals surface area contributed by atoms with Crippen LogP contribution in [0.25, 0.3) is 0 Å². The van der Waals surface area contributed by atoms with Crippen LogP contribution in [0.3, 0.4) is 0 Å². The smallest absolute Gasteiger partial charge is 0.310 e. The summed E-state index contributed by atoms with van der Waals surface area (Å²) in [6.45, 7) is 3.61. The van der Waals surface area contributed by atoms with Gasteiger partial charge < -0.3 is 10.5 Å². The lowest BCUT2D eigenvalue weighted by molar-refractivity contribution is -0.142. The normalized spacial score (nSPS) is 10.8. The average molecular weight is 258 g/mol. The zero-order valence-electron chi connectivity index (χ0n) is 10.4. The number of alkyl halides is 2. The van der Waals surface area contributed by atoms with E-state index in [1.807, 2.05) is 0 Å². The lowest BCUT2D eigenvalue weighted by atomic mass is 10.0. The summed E-state index contributed by atoms with van der Waals surface area (Å²) >= 11 is 0. The number of pyridine rings is 1. The summed E-state index contributed by atoms with van der Waals surface area (Å²) in [5.74, 6) is -0.407. The summed E-state index contributed by atoms with van der Waals surface area (Å²) in [4.78, 5) is 15.0. The predicted octanol–water partition coefficient (Wildman–Crippen LogP) is 1.89. The number of hydrogen-bond donors (Lipinski definition) is 1. The standard InChI is InChI=1S/C12H16F2N2O2/c1-3-18-10(17)4-8-6-16-11(12(13)14)9(5-15)7(8)2/h6,12H,3-5,15H2,1-2H3. The zero-order chi connectivity index (χ0) is 13.7. The van der Waals surface area contributed by atoms with Crippen LogP contribution < -0.4 is 5.73 Å². The van der Waals surface area contributed by atoms with Crippen LogP contribution in [0.4, 0.5) is 8.78 Å². The van der Waals surface area contributed by atoms with Crippen LogP contribution in [0.1, 0.15) is 35.7 Å². The Balaban J connectivity index is 3.05. The van der Waals surface area contributed by atoms with Gasteiger partial charge in [-0.3, -0.25) is 9.78 Å². The molecule has 2 N–H and O–H groups in total. The summed E-state index contributed by atoms with van der Waals surface area (Å²) in [7, 11) is 0. The first-order valence-corrected chi connectivity index (χ1v) is 5.62. The third-order valence-corrected chi connectivity index (χ3v) is 2.65. The fourth-order valence-electron chi connectivity index (χ4n) is 1.70. The van der Waals surface area contributed by atoms with E-state index in [-0.39, 0.29) is 25.3 Å². The molecule has 0 radical (unpaired) electrons. The molecule has 0 aromatic carbocycles. The van der Waals surface area contributed by atoms with Crippen LogP contribution in [0.15, 0.2) is 6.20 Å². The average Bonchev–Trinajstić information content (AvgIpc) is 2.31. The van der Waals surface area contributed by atoms with Gasteiger partial charge in [0.1, 0.15) is 5.69 Å². The van der Waals surface area contributed by atoms with Crippen molar-refractivity contribution in [1.29, 1.82) is 0 Å². The van der Waals surface area contributed by atoms with Crippen molar-refractivity contribution in [3.05, 3.63) is 28.6 Å². The molecule has 0 bridgehead atoms. The molecule has 1 rings (SSSR count). The first-order chi connectivity index (χ1) is 8.51. The Morgan fingerprint density at radius 3 is 2.72 bits per heavy atom. The van der Waals surface area contributed by atoms with E-state index in [1.165, 1.54) is 6.20 Å². The molecule has 1 aromatic heterocycles. The zero-order valence-corrected chi connectivity index (χ0v) is 10.4. The molecule has 0 amide bonds. The molecule has 100 valence electrons. The van der Waals surface area contributed by atoms with Crippen LogP contribution in [-0.2, 0) is 22.5 Å². The Labute approximate surface area is 104 Å². The van der Waals surface area contributed by atoms with Crippen LogP contribution in [0, 0.1) is 6.92 Å². The van der Waals surface area contributed by atoms with E-state index in [1.54, 1.807) is 13.8 Å². The molecule has 4 nitrogen and oxygen atoms in total. The Morgan fingerprint density at radius 2 is 2.22 bits per heavy atom. The highest BCUT2D eigenvalue weighted by atomic mass is 19.3. The molecule has 0 saturated heterocycles. The van der Waals surface area contributed by atoms with Gasteiger partial charge in [0.2, 0.25) is 0 Å². The largest absolute Gasteiger partial charge is 0.466 e. The number of carbonyl (C=O) groups excluding carboxylic acids is 1. The molecule has 0 aliphatic heterocycles. The van der Waals surface area contributed by atoms with E-state index in [2.05, 4.69) is 4.98 Å². The van der Waals surface area contributed by atoms with E-state index >= 15 is 0 Å². The molecule has 0 aliphatic rings. The minimum Gasteiger partial charge on any atom is -0.466 e. The third kappa shape index (κ3) is 3.22. The Hall–Kier alpha value is -1.56. The second-order valence-electron chi connectivity index (χ2n) is 3.76. The third-order valence-electron chi connectivity index (χ3n) is 2.65. The lowest BCUT2D eigenvalue weighted by Gasteiger charge is -2.13. The number of nitrogens with two attached hydrogens (primary N) is 1. The van der Waals surface area contributed by atoms with Crippen molar-refractivity contribution in [3.8, 4) is 0 Å². The monoisotopic (exact) mass is 258 g/mol. The molecular formula is C12H16F2N2O2. The first kappa shape index (κ1) is 14.5. The van der Waals surface area contributed by atoms with Gasteiger partial charge in [-0.05, 0) is 30.5 Å². The van der Waals surface area contributed by atoms with Crippen LogP contribution >= 0.6 is 0 Å². The van der Waals surface area contributed by atoms with Gasteiger partial charge in [0.15, 0.2) is 0 Å².